The number of aryl methyl sites for hydroxylation is 1. The van der Waals surface area contributed by atoms with Crippen LogP contribution in [0.15, 0.2) is 18.2 Å². The average molecular weight is 281 g/mol. The maximum atomic E-state index is 13.2. The molecule has 0 saturated heterocycles. The molecule has 1 saturated carbocycles. The highest BCUT2D eigenvalue weighted by Crippen LogP contribution is 2.32. The molecule has 2 rings (SSSR count). The molecule has 112 valence electrons. The fourth-order valence-electron chi connectivity index (χ4n) is 2.85. The monoisotopic (exact) mass is 281 g/mol. The lowest BCUT2D eigenvalue weighted by atomic mass is 9.94. The summed E-state index contributed by atoms with van der Waals surface area (Å²) >= 11 is 0. The molecule has 3 N–H and O–H groups in total. The number of halogens is 1. The minimum atomic E-state index is -0.939. The quantitative estimate of drug-likeness (QED) is 0.777. The zero-order valence-electron chi connectivity index (χ0n) is 12.2. The summed E-state index contributed by atoms with van der Waals surface area (Å²) in [4.78, 5) is 0. The molecule has 1 fully saturated rings. The Morgan fingerprint density at radius 1 is 1.35 bits per heavy atom. The highest BCUT2D eigenvalue weighted by molar-refractivity contribution is 5.26. The van der Waals surface area contributed by atoms with Crippen LogP contribution in [0.5, 0.6) is 0 Å². The van der Waals surface area contributed by atoms with E-state index >= 15 is 0 Å². The third-order valence-corrected chi connectivity index (χ3v) is 4.39. The third-order valence-electron chi connectivity index (χ3n) is 4.39. The SMILES string of the molecule is Cc1cc([C@@H](C)NCC(O)C2(O)CCCC2)ccc1F. The molecule has 1 aliphatic rings. The van der Waals surface area contributed by atoms with Crippen LogP contribution in [-0.4, -0.2) is 28.5 Å². The number of hydrogen-bond acceptors (Lipinski definition) is 3. The standard InChI is InChI=1S/C16H24FNO2/c1-11-9-13(5-6-14(11)17)12(2)18-10-15(19)16(20)7-3-4-8-16/h5-6,9,12,15,18-20H,3-4,7-8,10H2,1-2H3/t12-,15?/m1/s1. The molecule has 3 nitrogen and oxygen atoms in total. The van der Waals surface area contributed by atoms with Gasteiger partial charge in [-0.3, -0.25) is 0 Å². The molecule has 4 heteroatoms. The lowest BCUT2D eigenvalue weighted by molar-refractivity contribution is -0.0688. The predicted molar refractivity (Wildman–Crippen MR) is 77.0 cm³/mol. The molecule has 1 aromatic carbocycles. The number of hydrogen-bond donors (Lipinski definition) is 3. The molecule has 2 atom stereocenters. The summed E-state index contributed by atoms with van der Waals surface area (Å²) in [6.07, 6.45) is 2.52. The van der Waals surface area contributed by atoms with E-state index in [-0.39, 0.29) is 11.9 Å². The van der Waals surface area contributed by atoms with Gasteiger partial charge in [-0.05, 0) is 43.9 Å². The zero-order valence-corrected chi connectivity index (χ0v) is 12.2. The Balaban J connectivity index is 1.91. The van der Waals surface area contributed by atoms with Gasteiger partial charge in [0, 0.05) is 12.6 Å². The molecule has 1 aliphatic carbocycles. The Morgan fingerprint density at radius 3 is 2.60 bits per heavy atom. The average Bonchev–Trinajstić information content (AvgIpc) is 2.87. The van der Waals surface area contributed by atoms with Crippen LogP contribution in [0.2, 0.25) is 0 Å². The van der Waals surface area contributed by atoms with Crippen molar-refractivity contribution in [2.45, 2.75) is 57.3 Å². The van der Waals surface area contributed by atoms with Gasteiger partial charge >= 0.3 is 0 Å². The second-order valence-corrected chi connectivity index (χ2v) is 5.97. The van der Waals surface area contributed by atoms with Crippen LogP contribution >= 0.6 is 0 Å². The molecular formula is C16H24FNO2. The van der Waals surface area contributed by atoms with Crippen molar-refractivity contribution in [1.82, 2.24) is 5.32 Å². The van der Waals surface area contributed by atoms with Gasteiger partial charge in [-0.25, -0.2) is 4.39 Å². The normalized spacial score (nSPS) is 20.9. The number of aliphatic hydroxyl groups excluding tert-OH is 1. The summed E-state index contributed by atoms with van der Waals surface area (Å²) in [5.74, 6) is -0.207. The molecule has 0 bridgehead atoms. The summed E-state index contributed by atoms with van der Waals surface area (Å²) in [5.41, 5.74) is 0.659. The molecule has 0 amide bonds. The van der Waals surface area contributed by atoms with E-state index in [1.807, 2.05) is 13.0 Å². The van der Waals surface area contributed by atoms with Crippen LogP contribution in [0.3, 0.4) is 0 Å². The van der Waals surface area contributed by atoms with E-state index in [9.17, 15) is 14.6 Å². The fraction of sp³-hybridized carbons (Fsp3) is 0.625. The second-order valence-electron chi connectivity index (χ2n) is 5.97. The van der Waals surface area contributed by atoms with Crippen LogP contribution in [-0.2, 0) is 0 Å². The van der Waals surface area contributed by atoms with Gasteiger partial charge in [-0.2, -0.15) is 0 Å². The van der Waals surface area contributed by atoms with Crippen molar-refractivity contribution in [1.29, 1.82) is 0 Å². The van der Waals surface area contributed by atoms with E-state index in [1.165, 1.54) is 6.07 Å². The van der Waals surface area contributed by atoms with Crippen LogP contribution in [0.4, 0.5) is 4.39 Å². The zero-order chi connectivity index (χ0) is 14.8. The highest BCUT2D eigenvalue weighted by atomic mass is 19.1. The molecule has 0 radical (unpaired) electrons. The first-order valence-electron chi connectivity index (χ1n) is 7.32. The van der Waals surface area contributed by atoms with Gasteiger partial charge in [0.1, 0.15) is 5.82 Å². The fourth-order valence-corrected chi connectivity index (χ4v) is 2.85. The second kappa shape index (κ2) is 6.20. The Bertz CT molecular complexity index is 458. The molecule has 0 aromatic heterocycles. The van der Waals surface area contributed by atoms with Gasteiger partial charge in [0.2, 0.25) is 0 Å². The van der Waals surface area contributed by atoms with Crippen molar-refractivity contribution in [3.63, 3.8) is 0 Å². The predicted octanol–water partition coefficient (Wildman–Crippen LogP) is 2.45. The van der Waals surface area contributed by atoms with E-state index in [4.69, 9.17) is 0 Å². The number of benzene rings is 1. The molecule has 20 heavy (non-hydrogen) atoms. The Labute approximate surface area is 119 Å². The summed E-state index contributed by atoms with van der Waals surface area (Å²) in [6, 6.07) is 5.03. The van der Waals surface area contributed by atoms with E-state index in [2.05, 4.69) is 5.32 Å². The maximum absolute atomic E-state index is 13.2. The molecule has 1 aromatic rings. The van der Waals surface area contributed by atoms with Gasteiger partial charge in [0.15, 0.2) is 0 Å². The molecular weight excluding hydrogens is 257 g/mol. The Hall–Kier alpha value is -0.970. The van der Waals surface area contributed by atoms with Crippen molar-refractivity contribution in [2.75, 3.05) is 6.54 Å². The van der Waals surface area contributed by atoms with E-state index in [0.29, 0.717) is 24.9 Å². The first-order valence-corrected chi connectivity index (χ1v) is 7.32. The highest BCUT2D eigenvalue weighted by Gasteiger charge is 2.38. The van der Waals surface area contributed by atoms with Crippen LogP contribution in [0.1, 0.15) is 49.8 Å². The van der Waals surface area contributed by atoms with E-state index in [0.717, 1.165) is 18.4 Å². The maximum Gasteiger partial charge on any atom is 0.126 e. The van der Waals surface area contributed by atoms with Gasteiger partial charge in [0.05, 0.1) is 11.7 Å². The lowest BCUT2D eigenvalue weighted by Gasteiger charge is -2.29. The van der Waals surface area contributed by atoms with Crippen LogP contribution in [0.25, 0.3) is 0 Å². The van der Waals surface area contributed by atoms with Crippen molar-refractivity contribution in [2.24, 2.45) is 0 Å². The van der Waals surface area contributed by atoms with Crippen molar-refractivity contribution in [3.05, 3.63) is 35.1 Å². The number of aliphatic hydroxyl groups is 2. The largest absolute Gasteiger partial charge is 0.389 e. The number of rotatable bonds is 5. The topological polar surface area (TPSA) is 52.5 Å². The molecule has 0 aliphatic heterocycles. The summed E-state index contributed by atoms with van der Waals surface area (Å²) < 4.78 is 13.2. The smallest absolute Gasteiger partial charge is 0.126 e. The first kappa shape index (κ1) is 15.4. The molecule has 0 heterocycles. The van der Waals surface area contributed by atoms with Gasteiger partial charge in [0.25, 0.3) is 0 Å². The van der Waals surface area contributed by atoms with Gasteiger partial charge in [-0.15, -0.1) is 0 Å². The Morgan fingerprint density at radius 2 is 2.00 bits per heavy atom. The first-order chi connectivity index (χ1) is 9.42. The van der Waals surface area contributed by atoms with Crippen molar-refractivity contribution < 1.29 is 14.6 Å². The lowest BCUT2D eigenvalue weighted by Crippen LogP contribution is -2.46. The van der Waals surface area contributed by atoms with Gasteiger partial charge < -0.3 is 15.5 Å². The molecule has 0 spiro atoms. The van der Waals surface area contributed by atoms with Crippen molar-refractivity contribution in [3.8, 4) is 0 Å². The minimum absolute atomic E-state index is 0.00829. The van der Waals surface area contributed by atoms with Gasteiger partial charge in [-0.1, -0.05) is 25.0 Å². The summed E-state index contributed by atoms with van der Waals surface area (Å²) in [7, 11) is 0. The molecule has 1 unspecified atom stereocenters. The van der Waals surface area contributed by atoms with E-state index < -0.39 is 11.7 Å². The third kappa shape index (κ3) is 3.37. The van der Waals surface area contributed by atoms with Crippen LogP contribution in [0, 0.1) is 12.7 Å². The van der Waals surface area contributed by atoms with Crippen LogP contribution < -0.4 is 5.32 Å². The summed E-state index contributed by atoms with van der Waals surface area (Å²) in [6.45, 7) is 4.05. The minimum Gasteiger partial charge on any atom is -0.389 e. The summed E-state index contributed by atoms with van der Waals surface area (Å²) in [5, 5.41) is 23.6. The van der Waals surface area contributed by atoms with E-state index in [1.54, 1.807) is 13.0 Å². The number of nitrogens with one attached hydrogen (secondary N) is 1. The van der Waals surface area contributed by atoms with Crippen molar-refractivity contribution >= 4 is 0 Å². The Kier molecular flexibility index (Phi) is 4.78.